The third kappa shape index (κ3) is 2.82. The van der Waals surface area contributed by atoms with Gasteiger partial charge in [0, 0.05) is 56.3 Å². The van der Waals surface area contributed by atoms with Crippen molar-refractivity contribution in [3.8, 4) is 0 Å². The molecular weight excluding hydrogens is 331 g/mol. The Morgan fingerprint density at radius 1 is 1.15 bits per heavy atom. The maximum atomic E-state index is 14.3. The Morgan fingerprint density at radius 3 is 2.42 bits per heavy atom. The van der Waals surface area contributed by atoms with Crippen LogP contribution >= 0.6 is 0 Å². The molecule has 2 aliphatic rings. The number of aliphatic hydroxyl groups is 1. The van der Waals surface area contributed by atoms with Crippen LogP contribution in [0.15, 0.2) is 30.3 Å². The number of aryl methyl sites for hydroxylation is 1. The molecule has 0 spiro atoms. The standard InChI is InChI=1S/C20H25FN4O/c1-13-10-18(24(2)3)23-19(22-13)25-14-8-9-15(25)12-20(26,11-14)16-6-4-5-7-17(16)21/h4-7,10,14-15,26H,8-9,11-12H2,1-3H3. The second kappa shape index (κ2) is 6.20. The molecule has 2 aliphatic heterocycles. The van der Waals surface area contributed by atoms with Crippen LogP contribution in [0.2, 0.25) is 0 Å². The molecule has 2 aromatic rings. The van der Waals surface area contributed by atoms with Gasteiger partial charge in [-0.1, -0.05) is 18.2 Å². The molecule has 2 unspecified atom stereocenters. The smallest absolute Gasteiger partial charge is 0.228 e. The van der Waals surface area contributed by atoms with Crippen molar-refractivity contribution in [3.63, 3.8) is 0 Å². The number of hydrogen-bond acceptors (Lipinski definition) is 5. The first kappa shape index (κ1) is 17.2. The Labute approximate surface area is 153 Å². The van der Waals surface area contributed by atoms with Crippen LogP contribution < -0.4 is 9.80 Å². The second-order valence-electron chi connectivity index (χ2n) is 7.77. The fourth-order valence-corrected chi connectivity index (χ4v) is 4.49. The topological polar surface area (TPSA) is 52.5 Å². The third-order valence-corrected chi connectivity index (χ3v) is 5.66. The van der Waals surface area contributed by atoms with Gasteiger partial charge in [0.1, 0.15) is 11.6 Å². The number of rotatable bonds is 3. The van der Waals surface area contributed by atoms with E-state index in [1.54, 1.807) is 18.2 Å². The zero-order valence-electron chi connectivity index (χ0n) is 15.5. The second-order valence-corrected chi connectivity index (χ2v) is 7.77. The van der Waals surface area contributed by atoms with Gasteiger partial charge in [0.2, 0.25) is 5.95 Å². The molecule has 0 amide bonds. The van der Waals surface area contributed by atoms with E-state index in [2.05, 4.69) is 9.88 Å². The minimum atomic E-state index is -1.12. The predicted octanol–water partition coefficient (Wildman–Crippen LogP) is 3.01. The van der Waals surface area contributed by atoms with Gasteiger partial charge in [-0.2, -0.15) is 4.98 Å². The van der Waals surface area contributed by atoms with Crippen molar-refractivity contribution in [1.29, 1.82) is 0 Å². The first-order chi connectivity index (χ1) is 12.4. The molecule has 0 radical (unpaired) electrons. The summed E-state index contributed by atoms with van der Waals surface area (Å²) >= 11 is 0. The Balaban J connectivity index is 1.67. The average molecular weight is 356 g/mol. The van der Waals surface area contributed by atoms with E-state index in [1.807, 2.05) is 32.0 Å². The molecule has 1 aromatic carbocycles. The average Bonchev–Trinajstić information content (AvgIpc) is 2.87. The number of anilines is 2. The molecule has 5 nitrogen and oxygen atoms in total. The molecule has 26 heavy (non-hydrogen) atoms. The quantitative estimate of drug-likeness (QED) is 0.916. The van der Waals surface area contributed by atoms with Gasteiger partial charge in [0.15, 0.2) is 0 Å². The Kier molecular flexibility index (Phi) is 4.10. The van der Waals surface area contributed by atoms with Crippen molar-refractivity contribution in [3.05, 3.63) is 47.4 Å². The van der Waals surface area contributed by atoms with Gasteiger partial charge in [-0.05, 0) is 25.8 Å². The summed E-state index contributed by atoms with van der Waals surface area (Å²) in [7, 11) is 3.93. The van der Waals surface area contributed by atoms with E-state index < -0.39 is 5.60 Å². The molecule has 2 fully saturated rings. The van der Waals surface area contributed by atoms with Crippen LogP contribution in [-0.2, 0) is 5.60 Å². The summed E-state index contributed by atoms with van der Waals surface area (Å²) in [6, 6.07) is 8.79. The van der Waals surface area contributed by atoms with Gasteiger partial charge in [-0.3, -0.25) is 0 Å². The lowest BCUT2D eigenvalue weighted by Crippen LogP contribution is -2.50. The lowest BCUT2D eigenvalue weighted by Gasteiger charge is -2.44. The number of nitrogens with zero attached hydrogens (tertiary/aromatic N) is 4. The zero-order chi connectivity index (χ0) is 18.5. The lowest BCUT2D eigenvalue weighted by atomic mass is 9.80. The first-order valence-corrected chi connectivity index (χ1v) is 9.16. The molecule has 6 heteroatoms. The van der Waals surface area contributed by atoms with Gasteiger partial charge >= 0.3 is 0 Å². The fraction of sp³-hybridized carbons (Fsp3) is 0.500. The Hall–Kier alpha value is -2.21. The number of benzene rings is 1. The summed E-state index contributed by atoms with van der Waals surface area (Å²) in [5, 5.41) is 11.3. The lowest BCUT2D eigenvalue weighted by molar-refractivity contribution is -0.00640. The van der Waals surface area contributed by atoms with E-state index in [9.17, 15) is 9.50 Å². The van der Waals surface area contributed by atoms with E-state index in [0.29, 0.717) is 18.4 Å². The molecule has 0 saturated carbocycles. The molecule has 4 rings (SSSR count). The van der Waals surface area contributed by atoms with Crippen LogP contribution in [0.3, 0.4) is 0 Å². The van der Waals surface area contributed by atoms with Crippen molar-refractivity contribution in [2.45, 2.75) is 50.3 Å². The summed E-state index contributed by atoms with van der Waals surface area (Å²) in [4.78, 5) is 13.6. The van der Waals surface area contributed by atoms with Crippen molar-refractivity contribution in [2.75, 3.05) is 23.9 Å². The largest absolute Gasteiger partial charge is 0.385 e. The summed E-state index contributed by atoms with van der Waals surface area (Å²) < 4.78 is 14.3. The van der Waals surface area contributed by atoms with Crippen molar-refractivity contribution >= 4 is 11.8 Å². The van der Waals surface area contributed by atoms with Crippen LogP contribution in [0.4, 0.5) is 16.2 Å². The number of fused-ring (bicyclic) bond motifs is 2. The van der Waals surface area contributed by atoms with Crippen LogP contribution in [0.5, 0.6) is 0 Å². The van der Waals surface area contributed by atoms with E-state index in [0.717, 1.165) is 30.3 Å². The highest BCUT2D eigenvalue weighted by Gasteiger charge is 2.50. The number of hydrogen-bond donors (Lipinski definition) is 1. The molecule has 138 valence electrons. The van der Waals surface area contributed by atoms with Gasteiger partial charge in [-0.15, -0.1) is 0 Å². The Bertz CT molecular complexity index is 811. The fourth-order valence-electron chi connectivity index (χ4n) is 4.49. The van der Waals surface area contributed by atoms with Crippen LogP contribution in [0, 0.1) is 12.7 Å². The molecule has 2 atom stereocenters. The van der Waals surface area contributed by atoms with Gasteiger partial charge < -0.3 is 14.9 Å². The SMILES string of the molecule is Cc1cc(N(C)C)nc(N2C3CCC2CC(O)(c2ccccc2F)C3)n1. The summed E-state index contributed by atoms with van der Waals surface area (Å²) in [6.45, 7) is 1.97. The summed E-state index contributed by atoms with van der Waals surface area (Å²) in [5.74, 6) is 1.27. The predicted molar refractivity (Wildman–Crippen MR) is 99.9 cm³/mol. The number of halogens is 1. The van der Waals surface area contributed by atoms with Crippen molar-refractivity contribution in [1.82, 2.24) is 9.97 Å². The highest BCUT2D eigenvalue weighted by atomic mass is 19.1. The van der Waals surface area contributed by atoms with E-state index in [4.69, 9.17) is 4.98 Å². The first-order valence-electron chi connectivity index (χ1n) is 9.16. The van der Waals surface area contributed by atoms with Crippen LogP contribution in [0.1, 0.15) is 36.9 Å². The summed E-state index contributed by atoms with van der Waals surface area (Å²) in [6.07, 6.45) is 2.93. The maximum Gasteiger partial charge on any atom is 0.228 e. The van der Waals surface area contributed by atoms with E-state index in [1.165, 1.54) is 6.07 Å². The van der Waals surface area contributed by atoms with Crippen molar-refractivity contribution < 1.29 is 9.50 Å². The van der Waals surface area contributed by atoms with E-state index >= 15 is 0 Å². The molecule has 1 N–H and O–H groups in total. The van der Waals surface area contributed by atoms with Gasteiger partial charge in [0.05, 0.1) is 5.60 Å². The van der Waals surface area contributed by atoms with E-state index in [-0.39, 0.29) is 17.9 Å². The third-order valence-electron chi connectivity index (χ3n) is 5.66. The van der Waals surface area contributed by atoms with Gasteiger partial charge in [0.25, 0.3) is 0 Å². The Morgan fingerprint density at radius 2 is 1.81 bits per heavy atom. The highest BCUT2D eigenvalue weighted by molar-refractivity contribution is 5.48. The summed E-state index contributed by atoms with van der Waals surface area (Å²) in [5.41, 5.74) is 0.214. The molecule has 2 saturated heterocycles. The van der Waals surface area contributed by atoms with Crippen LogP contribution in [0.25, 0.3) is 0 Å². The highest BCUT2D eigenvalue weighted by Crippen LogP contribution is 2.47. The molecule has 3 heterocycles. The number of piperidine rings is 1. The maximum absolute atomic E-state index is 14.3. The zero-order valence-corrected chi connectivity index (χ0v) is 15.5. The monoisotopic (exact) mass is 356 g/mol. The number of aromatic nitrogens is 2. The van der Waals surface area contributed by atoms with Crippen molar-refractivity contribution in [2.24, 2.45) is 0 Å². The molecule has 1 aromatic heterocycles. The minimum absolute atomic E-state index is 0.121. The van der Waals surface area contributed by atoms with Crippen LogP contribution in [-0.4, -0.2) is 41.3 Å². The molecular formula is C20H25FN4O. The molecule has 0 aliphatic carbocycles. The normalized spacial score (nSPS) is 27.7. The minimum Gasteiger partial charge on any atom is -0.385 e. The van der Waals surface area contributed by atoms with Gasteiger partial charge in [-0.25, -0.2) is 9.37 Å². The molecule has 2 bridgehead atoms.